The number of aromatic nitrogens is 2. The molecule has 0 unspecified atom stereocenters. The van der Waals surface area contributed by atoms with E-state index in [0.29, 0.717) is 18.8 Å². The van der Waals surface area contributed by atoms with Crippen LogP contribution in [-0.2, 0) is 16.0 Å². The fourth-order valence-corrected chi connectivity index (χ4v) is 4.41. The molecule has 35 heavy (non-hydrogen) atoms. The second-order valence-corrected chi connectivity index (χ2v) is 10.4. The van der Waals surface area contributed by atoms with Gasteiger partial charge in [-0.1, -0.05) is 51.1 Å². The topological polar surface area (TPSA) is 119 Å². The van der Waals surface area contributed by atoms with Gasteiger partial charge in [-0.05, 0) is 23.8 Å². The SMILES string of the molecule is CC(=O)N[C@H](C(=O)N1C[C@H](O)C[C@H]1c1nc(C(=O)N(C)CCCc2ccccc2)c[nH]1)C(C)(C)C. The van der Waals surface area contributed by atoms with E-state index in [0.717, 1.165) is 12.8 Å². The first kappa shape index (κ1) is 26.4. The molecule has 3 N–H and O–H groups in total. The normalized spacial score (nSPS) is 18.9. The van der Waals surface area contributed by atoms with E-state index >= 15 is 0 Å². The van der Waals surface area contributed by atoms with E-state index in [9.17, 15) is 19.5 Å². The maximum atomic E-state index is 13.4. The smallest absolute Gasteiger partial charge is 0.273 e. The molecule has 0 bridgehead atoms. The Kier molecular flexibility index (Phi) is 8.32. The molecule has 0 saturated carbocycles. The van der Waals surface area contributed by atoms with E-state index in [4.69, 9.17) is 0 Å². The van der Waals surface area contributed by atoms with Crippen molar-refractivity contribution in [3.8, 4) is 0 Å². The predicted molar refractivity (Wildman–Crippen MR) is 132 cm³/mol. The number of nitrogens with zero attached hydrogens (tertiary/aromatic N) is 3. The van der Waals surface area contributed by atoms with E-state index < -0.39 is 23.6 Å². The molecule has 1 saturated heterocycles. The number of aryl methyl sites for hydroxylation is 1. The molecule has 1 aliphatic rings. The van der Waals surface area contributed by atoms with Crippen molar-refractivity contribution in [3.05, 3.63) is 53.6 Å². The van der Waals surface area contributed by atoms with Crippen molar-refractivity contribution in [2.45, 2.75) is 65.1 Å². The Morgan fingerprint density at radius 2 is 1.94 bits per heavy atom. The van der Waals surface area contributed by atoms with Gasteiger partial charge in [-0.2, -0.15) is 0 Å². The number of carbonyl (C=O) groups excluding carboxylic acids is 3. The number of rotatable bonds is 8. The highest BCUT2D eigenvalue weighted by atomic mass is 16.3. The first-order valence-corrected chi connectivity index (χ1v) is 12.1. The number of β-amino-alcohol motifs (C(OH)–C–C–N with tert-alkyl or cyclic N) is 1. The Morgan fingerprint density at radius 1 is 1.26 bits per heavy atom. The van der Waals surface area contributed by atoms with Gasteiger partial charge in [-0.25, -0.2) is 4.98 Å². The molecule has 9 heteroatoms. The number of aliphatic hydroxyl groups excluding tert-OH is 1. The highest BCUT2D eigenvalue weighted by Gasteiger charge is 2.43. The molecule has 2 heterocycles. The van der Waals surface area contributed by atoms with E-state index in [1.54, 1.807) is 23.0 Å². The number of likely N-dealkylation sites (tertiary alicyclic amines) is 1. The fraction of sp³-hybridized carbons (Fsp3) is 0.538. The number of aromatic amines is 1. The fourth-order valence-electron chi connectivity index (χ4n) is 4.41. The van der Waals surface area contributed by atoms with Crippen molar-refractivity contribution in [1.29, 1.82) is 0 Å². The van der Waals surface area contributed by atoms with Crippen LogP contribution in [-0.4, -0.2) is 74.9 Å². The first-order valence-electron chi connectivity index (χ1n) is 12.1. The number of nitrogens with one attached hydrogen (secondary N) is 2. The average molecular weight is 484 g/mol. The minimum atomic E-state index is -0.750. The average Bonchev–Trinajstić information content (AvgIpc) is 3.43. The van der Waals surface area contributed by atoms with Crippen molar-refractivity contribution < 1.29 is 19.5 Å². The highest BCUT2D eigenvalue weighted by Crippen LogP contribution is 2.33. The molecule has 2 aromatic rings. The number of aliphatic hydroxyl groups is 1. The van der Waals surface area contributed by atoms with Crippen LogP contribution in [0.4, 0.5) is 0 Å². The summed E-state index contributed by atoms with van der Waals surface area (Å²) in [6, 6.07) is 8.87. The summed E-state index contributed by atoms with van der Waals surface area (Å²) in [5.74, 6) is -0.332. The van der Waals surface area contributed by atoms with Crippen LogP contribution in [0, 0.1) is 5.41 Å². The van der Waals surface area contributed by atoms with Gasteiger partial charge in [0, 0.05) is 39.7 Å². The molecule has 3 rings (SSSR count). The van der Waals surface area contributed by atoms with E-state index in [1.807, 2.05) is 39.0 Å². The molecule has 1 aliphatic heterocycles. The summed E-state index contributed by atoms with van der Waals surface area (Å²) in [6.07, 6.45) is 2.85. The molecule has 3 atom stereocenters. The third kappa shape index (κ3) is 6.69. The summed E-state index contributed by atoms with van der Waals surface area (Å²) in [6.45, 7) is 7.74. The van der Waals surface area contributed by atoms with Gasteiger partial charge in [0.15, 0.2) is 0 Å². The van der Waals surface area contributed by atoms with Crippen LogP contribution in [0.15, 0.2) is 36.5 Å². The summed E-state index contributed by atoms with van der Waals surface area (Å²) in [4.78, 5) is 48.8. The van der Waals surface area contributed by atoms with Crippen LogP contribution in [0.2, 0.25) is 0 Å². The molecule has 9 nitrogen and oxygen atoms in total. The summed E-state index contributed by atoms with van der Waals surface area (Å²) < 4.78 is 0. The van der Waals surface area contributed by atoms with Gasteiger partial charge in [-0.15, -0.1) is 0 Å². The lowest BCUT2D eigenvalue weighted by molar-refractivity contribution is -0.140. The van der Waals surface area contributed by atoms with Crippen LogP contribution in [0.3, 0.4) is 0 Å². The third-order valence-corrected chi connectivity index (χ3v) is 6.30. The van der Waals surface area contributed by atoms with Crippen LogP contribution in [0.25, 0.3) is 0 Å². The monoisotopic (exact) mass is 483 g/mol. The Balaban J connectivity index is 1.68. The summed E-state index contributed by atoms with van der Waals surface area (Å²) in [7, 11) is 1.75. The number of carbonyl (C=O) groups is 3. The second kappa shape index (κ2) is 11.0. The van der Waals surface area contributed by atoms with Crippen LogP contribution >= 0.6 is 0 Å². The zero-order valence-corrected chi connectivity index (χ0v) is 21.2. The Bertz CT molecular complexity index is 1030. The second-order valence-electron chi connectivity index (χ2n) is 10.4. The largest absolute Gasteiger partial charge is 0.391 e. The molecule has 0 radical (unpaired) electrons. The lowest BCUT2D eigenvalue weighted by Gasteiger charge is -2.35. The van der Waals surface area contributed by atoms with Crippen molar-refractivity contribution in [1.82, 2.24) is 25.1 Å². The highest BCUT2D eigenvalue weighted by molar-refractivity contribution is 5.92. The Morgan fingerprint density at radius 3 is 2.57 bits per heavy atom. The Hall–Kier alpha value is -3.20. The zero-order valence-electron chi connectivity index (χ0n) is 21.2. The molecule has 1 fully saturated rings. The van der Waals surface area contributed by atoms with Crippen molar-refractivity contribution >= 4 is 17.7 Å². The molecule has 1 aromatic heterocycles. The van der Waals surface area contributed by atoms with Crippen molar-refractivity contribution in [2.75, 3.05) is 20.1 Å². The van der Waals surface area contributed by atoms with E-state index in [-0.39, 0.29) is 30.0 Å². The van der Waals surface area contributed by atoms with Gasteiger partial charge in [0.25, 0.3) is 5.91 Å². The third-order valence-electron chi connectivity index (χ3n) is 6.30. The molecule has 3 amide bonds. The lowest BCUT2D eigenvalue weighted by atomic mass is 9.85. The summed E-state index contributed by atoms with van der Waals surface area (Å²) in [5, 5.41) is 13.1. The number of benzene rings is 1. The molecular weight excluding hydrogens is 446 g/mol. The summed E-state index contributed by atoms with van der Waals surface area (Å²) >= 11 is 0. The van der Waals surface area contributed by atoms with E-state index in [2.05, 4.69) is 27.4 Å². The van der Waals surface area contributed by atoms with Crippen molar-refractivity contribution in [3.63, 3.8) is 0 Å². The minimum Gasteiger partial charge on any atom is -0.391 e. The van der Waals surface area contributed by atoms with Crippen LogP contribution in [0.5, 0.6) is 0 Å². The standard InChI is InChI=1S/C26H37N5O4/c1-17(32)28-22(26(2,3)4)25(35)31-16-19(33)14-21(31)23-27-15-20(29-23)24(34)30(5)13-9-12-18-10-7-6-8-11-18/h6-8,10-11,15,19,21-22,33H,9,12-14,16H2,1-5H3,(H,27,29)(H,28,32)/t19-,21+,22-/m1/s1. The van der Waals surface area contributed by atoms with Gasteiger partial charge >= 0.3 is 0 Å². The van der Waals surface area contributed by atoms with Crippen molar-refractivity contribution in [2.24, 2.45) is 5.41 Å². The molecule has 0 spiro atoms. The van der Waals surface area contributed by atoms with Gasteiger partial charge in [0.1, 0.15) is 17.6 Å². The van der Waals surface area contributed by atoms with E-state index in [1.165, 1.54) is 12.5 Å². The number of amides is 3. The summed E-state index contributed by atoms with van der Waals surface area (Å²) in [5.41, 5.74) is 0.978. The number of hydrogen-bond donors (Lipinski definition) is 3. The van der Waals surface area contributed by atoms with Gasteiger partial charge in [0.2, 0.25) is 11.8 Å². The minimum absolute atomic E-state index is 0.138. The molecule has 190 valence electrons. The van der Waals surface area contributed by atoms with Crippen LogP contribution in [0.1, 0.15) is 68.5 Å². The quantitative estimate of drug-likeness (QED) is 0.532. The number of hydrogen-bond acceptors (Lipinski definition) is 5. The number of imidazole rings is 1. The molecular formula is C26H37N5O4. The Labute approximate surface area is 206 Å². The predicted octanol–water partition coefficient (Wildman–Crippen LogP) is 2.30. The number of H-pyrrole nitrogens is 1. The molecule has 0 aliphatic carbocycles. The van der Waals surface area contributed by atoms with Gasteiger partial charge < -0.3 is 25.2 Å². The lowest BCUT2D eigenvalue weighted by Crippen LogP contribution is -2.54. The first-order chi connectivity index (χ1) is 16.5. The zero-order chi connectivity index (χ0) is 25.8. The maximum absolute atomic E-state index is 13.4. The van der Waals surface area contributed by atoms with Gasteiger partial charge in [0.05, 0.1) is 12.1 Å². The maximum Gasteiger partial charge on any atom is 0.273 e. The van der Waals surface area contributed by atoms with Gasteiger partial charge in [-0.3, -0.25) is 14.4 Å². The van der Waals surface area contributed by atoms with Crippen LogP contribution < -0.4 is 5.32 Å². The molecule has 1 aromatic carbocycles.